The molecular weight excluding hydrogens is 328 g/mol. The molecule has 1 heterocycles. The van der Waals surface area contributed by atoms with Crippen molar-refractivity contribution in [2.45, 2.75) is 30.4 Å². The van der Waals surface area contributed by atoms with E-state index in [1.54, 1.807) is 31.4 Å². The van der Waals surface area contributed by atoms with Crippen LogP contribution in [0.25, 0.3) is 10.9 Å². The van der Waals surface area contributed by atoms with E-state index in [0.29, 0.717) is 24.4 Å². The number of fused-ring (bicyclic) bond motifs is 1. The minimum atomic E-state index is -3.48. The number of hydrogen-bond donors (Lipinski definition) is 1. The minimum Gasteiger partial charge on any atom is -0.481 e. The van der Waals surface area contributed by atoms with Gasteiger partial charge in [0.25, 0.3) is 0 Å². The average Bonchev–Trinajstić information content (AvgIpc) is 3.05. The van der Waals surface area contributed by atoms with E-state index in [9.17, 15) is 13.2 Å². The molecule has 1 aliphatic carbocycles. The van der Waals surface area contributed by atoms with Crippen LogP contribution in [-0.2, 0) is 14.6 Å². The van der Waals surface area contributed by atoms with E-state index in [2.05, 4.69) is 10.3 Å². The van der Waals surface area contributed by atoms with Gasteiger partial charge >= 0.3 is 0 Å². The Labute approximate surface area is 141 Å². The van der Waals surface area contributed by atoms with Gasteiger partial charge in [0.1, 0.15) is 0 Å². The van der Waals surface area contributed by atoms with Crippen molar-refractivity contribution in [3.63, 3.8) is 0 Å². The van der Waals surface area contributed by atoms with Gasteiger partial charge < -0.3 is 10.1 Å². The molecule has 1 amide bonds. The Hall–Kier alpha value is -2.15. The number of amides is 1. The highest BCUT2D eigenvalue weighted by Crippen LogP contribution is 2.37. The predicted molar refractivity (Wildman–Crippen MR) is 93.0 cm³/mol. The molecule has 1 saturated carbocycles. The third kappa shape index (κ3) is 2.84. The summed E-state index contributed by atoms with van der Waals surface area (Å²) in [6.07, 6.45) is 3.41. The molecule has 0 atom stereocenters. The third-order valence-corrected chi connectivity index (χ3v) is 6.68. The second kappa shape index (κ2) is 6.05. The summed E-state index contributed by atoms with van der Waals surface area (Å²) in [4.78, 5) is 17.0. The number of ether oxygens (including phenoxy) is 1. The lowest BCUT2D eigenvalue weighted by atomic mass is 10.1. The van der Waals surface area contributed by atoms with Gasteiger partial charge in [0.05, 0.1) is 12.6 Å². The number of carbonyl (C=O) groups is 1. The van der Waals surface area contributed by atoms with E-state index in [1.165, 1.54) is 0 Å². The highest BCUT2D eigenvalue weighted by Gasteiger charge is 2.49. The Kier molecular flexibility index (Phi) is 4.21. The van der Waals surface area contributed by atoms with Crippen LogP contribution in [0, 0.1) is 0 Å². The summed E-state index contributed by atoms with van der Waals surface area (Å²) in [6, 6.07) is 8.86. The van der Waals surface area contributed by atoms with Crippen LogP contribution in [0.1, 0.15) is 25.7 Å². The van der Waals surface area contributed by atoms with Crippen LogP contribution in [0.4, 0.5) is 5.69 Å². The highest BCUT2D eigenvalue weighted by atomic mass is 32.2. The zero-order valence-corrected chi connectivity index (χ0v) is 14.5. The Bertz CT molecular complexity index is 887. The first-order chi connectivity index (χ1) is 11.4. The van der Waals surface area contributed by atoms with Gasteiger partial charge in [-0.05, 0) is 37.1 Å². The number of nitrogens with zero attached hydrogens (tertiary/aromatic N) is 1. The fraction of sp³-hybridized carbons (Fsp3) is 0.412. The van der Waals surface area contributed by atoms with Crippen LogP contribution in [-0.4, -0.2) is 37.4 Å². The second-order valence-electron chi connectivity index (χ2n) is 6.19. The Morgan fingerprint density at radius 1 is 1.21 bits per heavy atom. The Morgan fingerprint density at radius 3 is 2.54 bits per heavy atom. The van der Waals surface area contributed by atoms with Crippen molar-refractivity contribution >= 4 is 32.3 Å². The molecule has 24 heavy (non-hydrogen) atoms. The van der Waals surface area contributed by atoms with E-state index in [1.807, 2.05) is 6.07 Å². The number of hydrogen-bond acceptors (Lipinski definition) is 5. The van der Waals surface area contributed by atoms with Crippen molar-refractivity contribution in [1.82, 2.24) is 4.98 Å². The highest BCUT2D eigenvalue weighted by molar-refractivity contribution is 7.92. The summed E-state index contributed by atoms with van der Waals surface area (Å²) < 4.78 is 28.2. The second-order valence-corrected chi connectivity index (χ2v) is 8.51. The van der Waals surface area contributed by atoms with Crippen LogP contribution in [0.3, 0.4) is 0 Å². The standard InChI is InChI=1S/C17H20N2O4S/c1-23-15-8-5-12-11-13(6-7-14(12)19-15)18-16(20)17(24(2,21)22)9-3-4-10-17/h5-8,11H,3-4,9-10H2,1-2H3,(H,18,20). The molecule has 0 bridgehead atoms. The van der Waals surface area contributed by atoms with Gasteiger partial charge in [-0.25, -0.2) is 13.4 Å². The van der Waals surface area contributed by atoms with Gasteiger partial charge in [-0.3, -0.25) is 4.79 Å². The first-order valence-corrected chi connectivity index (χ1v) is 9.71. The molecule has 1 aliphatic rings. The molecule has 0 spiro atoms. The first-order valence-electron chi connectivity index (χ1n) is 7.82. The maximum Gasteiger partial charge on any atom is 0.245 e. The fourth-order valence-electron chi connectivity index (χ4n) is 3.26. The van der Waals surface area contributed by atoms with Gasteiger partial charge in [-0.1, -0.05) is 12.8 Å². The molecule has 1 fully saturated rings. The molecule has 128 valence electrons. The molecule has 1 N–H and O–H groups in total. The SMILES string of the molecule is COc1ccc2cc(NC(=O)C3(S(C)(=O)=O)CCCC3)ccc2n1. The topological polar surface area (TPSA) is 85.4 Å². The Morgan fingerprint density at radius 2 is 1.92 bits per heavy atom. The molecular formula is C17H20N2O4S. The van der Waals surface area contributed by atoms with Crippen molar-refractivity contribution in [3.8, 4) is 5.88 Å². The quantitative estimate of drug-likeness (QED) is 0.918. The normalized spacial score (nSPS) is 16.9. The molecule has 0 unspecified atom stereocenters. The van der Waals surface area contributed by atoms with Gasteiger partial charge in [0.2, 0.25) is 11.8 Å². The average molecular weight is 348 g/mol. The molecule has 7 heteroatoms. The lowest BCUT2D eigenvalue weighted by Crippen LogP contribution is -2.47. The van der Waals surface area contributed by atoms with Gasteiger partial charge in [0, 0.05) is 23.4 Å². The number of aromatic nitrogens is 1. The fourth-order valence-corrected chi connectivity index (χ4v) is 4.67. The Balaban J connectivity index is 1.90. The molecule has 1 aromatic heterocycles. The van der Waals surface area contributed by atoms with Crippen LogP contribution in [0.5, 0.6) is 5.88 Å². The van der Waals surface area contributed by atoms with E-state index >= 15 is 0 Å². The molecule has 1 aromatic carbocycles. The lowest BCUT2D eigenvalue weighted by Gasteiger charge is -2.25. The molecule has 0 aliphatic heterocycles. The number of nitrogens with one attached hydrogen (secondary N) is 1. The van der Waals surface area contributed by atoms with Gasteiger partial charge in [-0.15, -0.1) is 0 Å². The van der Waals surface area contributed by atoms with Crippen LogP contribution in [0.15, 0.2) is 30.3 Å². The largest absolute Gasteiger partial charge is 0.481 e. The maximum atomic E-state index is 12.7. The van der Waals surface area contributed by atoms with E-state index in [4.69, 9.17) is 4.74 Å². The van der Waals surface area contributed by atoms with Crippen molar-refractivity contribution in [3.05, 3.63) is 30.3 Å². The lowest BCUT2D eigenvalue weighted by molar-refractivity contribution is -0.118. The zero-order chi connectivity index (χ0) is 17.4. The summed E-state index contributed by atoms with van der Waals surface area (Å²) in [5.41, 5.74) is 1.31. The number of carbonyl (C=O) groups excluding carboxylic acids is 1. The van der Waals surface area contributed by atoms with Crippen LogP contribution < -0.4 is 10.1 Å². The number of sulfone groups is 1. The van der Waals surface area contributed by atoms with E-state index in [0.717, 1.165) is 30.0 Å². The number of anilines is 1. The first kappa shape index (κ1) is 16.7. The van der Waals surface area contributed by atoms with Crippen molar-refractivity contribution in [2.75, 3.05) is 18.7 Å². The predicted octanol–water partition coefficient (Wildman–Crippen LogP) is 2.54. The molecule has 2 aromatic rings. The summed E-state index contributed by atoms with van der Waals surface area (Å²) in [7, 11) is -1.93. The summed E-state index contributed by atoms with van der Waals surface area (Å²) in [5.74, 6) is 0.0737. The summed E-state index contributed by atoms with van der Waals surface area (Å²) >= 11 is 0. The smallest absolute Gasteiger partial charge is 0.245 e. The minimum absolute atomic E-state index is 0.379. The molecule has 0 radical (unpaired) electrons. The third-order valence-electron chi connectivity index (χ3n) is 4.67. The van der Waals surface area contributed by atoms with E-state index in [-0.39, 0.29) is 0 Å². The number of methoxy groups -OCH3 is 1. The molecule has 6 nitrogen and oxygen atoms in total. The summed E-state index contributed by atoms with van der Waals surface area (Å²) in [6.45, 7) is 0. The van der Waals surface area contributed by atoms with Gasteiger partial charge in [-0.2, -0.15) is 0 Å². The number of rotatable bonds is 4. The van der Waals surface area contributed by atoms with Crippen molar-refractivity contribution in [2.24, 2.45) is 0 Å². The molecule has 0 saturated heterocycles. The monoisotopic (exact) mass is 348 g/mol. The zero-order valence-electron chi connectivity index (χ0n) is 13.7. The summed E-state index contributed by atoms with van der Waals surface area (Å²) in [5, 5.41) is 3.62. The van der Waals surface area contributed by atoms with Crippen LogP contribution >= 0.6 is 0 Å². The maximum absolute atomic E-state index is 12.7. The number of pyridine rings is 1. The van der Waals surface area contributed by atoms with Crippen LogP contribution in [0.2, 0.25) is 0 Å². The van der Waals surface area contributed by atoms with Crippen molar-refractivity contribution in [1.29, 1.82) is 0 Å². The number of benzene rings is 1. The van der Waals surface area contributed by atoms with Gasteiger partial charge in [0.15, 0.2) is 14.6 Å². The van der Waals surface area contributed by atoms with Crippen molar-refractivity contribution < 1.29 is 17.9 Å². The molecule has 3 rings (SSSR count). The van der Waals surface area contributed by atoms with E-state index < -0.39 is 20.5 Å².